The Hall–Kier alpha value is -0.980. The molecule has 0 aromatic heterocycles. The van der Waals surface area contributed by atoms with Crippen LogP contribution >= 0.6 is 15.9 Å². The van der Waals surface area contributed by atoms with E-state index in [0.29, 0.717) is 29.2 Å². The van der Waals surface area contributed by atoms with E-state index >= 15 is 0 Å². The molecule has 4 nitrogen and oxygen atoms in total. The normalized spacial score (nSPS) is 27.2. The number of halogens is 2. The maximum absolute atomic E-state index is 14.2. The number of aliphatic carboxylic acids is 1. The lowest BCUT2D eigenvalue weighted by atomic mass is 9.89. The molecule has 2 unspecified atom stereocenters. The van der Waals surface area contributed by atoms with Crippen LogP contribution in [-0.4, -0.2) is 48.3 Å². The number of carboxylic acids is 1. The summed E-state index contributed by atoms with van der Waals surface area (Å²) in [7, 11) is 0. The third kappa shape index (κ3) is 3.19. The maximum Gasteiger partial charge on any atom is 0.308 e. The first-order chi connectivity index (χ1) is 10.6. The van der Waals surface area contributed by atoms with Crippen LogP contribution in [0, 0.1) is 11.7 Å². The fourth-order valence-electron chi connectivity index (χ4n) is 3.55. The van der Waals surface area contributed by atoms with Crippen molar-refractivity contribution in [2.24, 2.45) is 5.92 Å². The van der Waals surface area contributed by atoms with Crippen LogP contribution in [0.4, 0.5) is 4.39 Å². The number of hydrogen-bond acceptors (Lipinski definition) is 3. The second-order valence-corrected chi connectivity index (χ2v) is 6.93. The molecule has 3 rings (SSSR count). The van der Waals surface area contributed by atoms with Gasteiger partial charge in [-0.25, -0.2) is 4.39 Å². The first-order valence-electron chi connectivity index (χ1n) is 7.56. The second kappa shape index (κ2) is 6.64. The highest BCUT2D eigenvalue weighted by Gasteiger charge is 2.42. The van der Waals surface area contributed by atoms with Crippen LogP contribution in [0.5, 0.6) is 0 Å². The second-order valence-electron chi connectivity index (χ2n) is 6.01. The third-order valence-corrected chi connectivity index (χ3v) is 5.23. The topological polar surface area (TPSA) is 49.8 Å². The largest absolute Gasteiger partial charge is 0.481 e. The highest BCUT2D eigenvalue weighted by molar-refractivity contribution is 9.10. The van der Waals surface area contributed by atoms with Gasteiger partial charge < -0.3 is 9.84 Å². The van der Waals surface area contributed by atoms with Gasteiger partial charge >= 0.3 is 5.97 Å². The Morgan fingerprint density at radius 3 is 2.68 bits per heavy atom. The molecule has 0 aliphatic carbocycles. The molecular formula is C16H19BrFNO3. The van der Waals surface area contributed by atoms with Gasteiger partial charge in [0.15, 0.2) is 0 Å². The van der Waals surface area contributed by atoms with E-state index in [4.69, 9.17) is 4.74 Å². The van der Waals surface area contributed by atoms with Gasteiger partial charge in [0.1, 0.15) is 5.82 Å². The molecule has 1 N–H and O–H groups in total. The number of hydrogen-bond donors (Lipinski definition) is 1. The van der Waals surface area contributed by atoms with Crippen molar-refractivity contribution in [2.75, 3.05) is 26.3 Å². The van der Waals surface area contributed by atoms with Crippen molar-refractivity contribution in [3.63, 3.8) is 0 Å². The van der Waals surface area contributed by atoms with E-state index in [1.165, 1.54) is 6.07 Å². The Bertz CT molecular complexity index is 562. The fourth-order valence-corrected chi connectivity index (χ4v) is 3.88. The SMILES string of the molecule is O=C(O)C1CN(C2CCOCC2)CC1c1ccc(Br)cc1F. The zero-order valence-electron chi connectivity index (χ0n) is 12.2. The van der Waals surface area contributed by atoms with Gasteiger partial charge in [-0.05, 0) is 30.5 Å². The van der Waals surface area contributed by atoms with Crippen LogP contribution in [0.3, 0.4) is 0 Å². The van der Waals surface area contributed by atoms with Crippen molar-refractivity contribution in [2.45, 2.75) is 24.8 Å². The lowest BCUT2D eigenvalue weighted by Crippen LogP contribution is -2.38. The van der Waals surface area contributed by atoms with Gasteiger partial charge in [0.2, 0.25) is 0 Å². The summed E-state index contributed by atoms with van der Waals surface area (Å²) in [5.74, 6) is -2.03. The average Bonchev–Trinajstić information content (AvgIpc) is 2.93. The predicted octanol–water partition coefficient (Wildman–Crippen LogP) is 2.87. The van der Waals surface area contributed by atoms with Crippen molar-refractivity contribution in [1.29, 1.82) is 0 Å². The van der Waals surface area contributed by atoms with Crippen molar-refractivity contribution in [3.05, 3.63) is 34.1 Å². The van der Waals surface area contributed by atoms with Crippen LogP contribution in [0.1, 0.15) is 24.3 Å². The summed E-state index contributed by atoms with van der Waals surface area (Å²) in [6.45, 7) is 2.52. The van der Waals surface area contributed by atoms with E-state index in [1.54, 1.807) is 12.1 Å². The minimum absolute atomic E-state index is 0.298. The number of rotatable bonds is 3. The molecule has 0 amide bonds. The highest BCUT2D eigenvalue weighted by atomic mass is 79.9. The summed E-state index contributed by atoms with van der Waals surface area (Å²) in [5.41, 5.74) is 0.505. The van der Waals surface area contributed by atoms with Gasteiger partial charge in [-0.15, -0.1) is 0 Å². The number of likely N-dealkylation sites (tertiary alicyclic amines) is 1. The number of ether oxygens (including phenoxy) is 1. The van der Waals surface area contributed by atoms with E-state index in [-0.39, 0.29) is 11.7 Å². The lowest BCUT2D eigenvalue weighted by Gasteiger charge is -2.31. The first kappa shape index (κ1) is 15.9. The summed E-state index contributed by atoms with van der Waals surface area (Å²) in [4.78, 5) is 13.8. The van der Waals surface area contributed by atoms with E-state index < -0.39 is 11.9 Å². The van der Waals surface area contributed by atoms with Crippen molar-refractivity contribution >= 4 is 21.9 Å². The van der Waals surface area contributed by atoms with Crippen molar-refractivity contribution in [1.82, 2.24) is 4.90 Å². The molecule has 2 heterocycles. The molecule has 0 saturated carbocycles. The Labute approximate surface area is 137 Å². The van der Waals surface area contributed by atoms with E-state index in [9.17, 15) is 14.3 Å². The van der Waals surface area contributed by atoms with Gasteiger partial charge in [0.05, 0.1) is 5.92 Å². The minimum Gasteiger partial charge on any atom is -0.481 e. The van der Waals surface area contributed by atoms with E-state index in [0.717, 1.165) is 26.1 Å². The minimum atomic E-state index is -0.845. The fraction of sp³-hybridized carbons (Fsp3) is 0.562. The monoisotopic (exact) mass is 371 g/mol. The molecule has 1 aromatic rings. The predicted molar refractivity (Wildman–Crippen MR) is 83.4 cm³/mol. The zero-order chi connectivity index (χ0) is 15.7. The van der Waals surface area contributed by atoms with Gasteiger partial charge in [0, 0.05) is 42.7 Å². The van der Waals surface area contributed by atoms with Gasteiger partial charge in [-0.1, -0.05) is 22.0 Å². The van der Waals surface area contributed by atoms with Gasteiger partial charge in [-0.2, -0.15) is 0 Å². The summed E-state index contributed by atoms with van der Waals surface area (Å²) < 4.78 is 20.3. The Morgan fingerprint density at radius 2 is 2.05 bits per heavy atom. The van der Waals surface area contributed by atoms with Crippen LogP contribution in [0.15, 0.2) is 22.7 Å². The molecule has 2 saturated heterocycles. The molecule has 2 aliphatic rings. The van der Waals surface area contributed by atoms with Crippen molar-refractivity contribution < 1.29 is 19.0 Å². The van der Waals surface area contributed by atoms with Crippen LogP contribution in [0.2, 0.25) is 0 Å². The molecule has 2 atom stereocenters. The molecule has 2 aliphatic heterocycles. The summed E-state index contributed by atoms with van der Waals surface area (Å²) in [6.07, 6.45) is 1.84. The zero-order valence-corrected chi connectivity index (χ0v) is 13.8. The number of carbonyl (C=O) groups is 1. The van der Waals surface area contributed by atoms with Crippen LogP contribution < -0.4 is 0 Å². The molecule has 2 fully saturated rings. The number of benzene rings is 1. The molecule has 0 bridgehead atoms. The third-order valence-electron chi connectivity index (χ3n) is 4.73. The molecule has 0 spiro atoms. The standard InChI is InChI=1S/C16H19BrFNO3/c17-10-1-2-12(15(18)7-10)13-8-19(9-14(13)16(20)21)11-3-5-22-6-4-11/h1-2,7,11,13-14H,3-6,8-9H2,(H,20,21). The number of nitrogens with zero attached hydrogens (tertiary/aromatic N) is 1. The van der Waals surface area contributed by atoms with Crippen molar-refractivity contribution in [3.8, 4) is 0 Å². The summed E-state index contributed by atoms with van der Waals surface area (Å²) in [5, 5.41) is 9.52. The number of carboxylic acid groups (broad SMARTS) is 1. The molecule has 120 valence electrons. The summed E-state index contributed by atoms with van der Waals surface area (Å²) >= 11 is 3.24. The van der Waals surface area contributed by atoms with E-state index in [1.807, 2.05) is 0 Å². The molecule has 6 heteroatoms. The van der Waals surface area contributed by atoms with Gasteiger partial charge in [-0.3, -0.25) is 9.69 Å². The van der Waals surface area contributed by atoms with Crippen LogP contribution in [-0.2, 0) is 9.53 Å². The average molecular weight is 372 g/mol. The van der Waals surface area contributed by atoms with Crippen LogP contribution in [0.25, 0.3) is 0 Å². The molecule has 22 heavy (non-hydrogen) atoms. The van der Waals surface area contributed by atoms with Gasteiger partial charge in [0.25, 0.3) is 0 Å². The summed E-state index contributed by atoms with van der Waals surface area (Å²) in [6, 6.07) is 5.23. The quantitative estimate of drug-likeness (QED) is 0.887. The highest BCUT2D eigenvalue weighted by Crippen LogP contribution is 2.37. The molecule has 1 aromatic carbocycles. The first-order valence-corrected chi connectivity index (χ1v) is 8.35. The smallest absolute Gasteiger partial charge is 0.308 e. The lowest BCUT2D eigenvalue weighted by molar-refractivity contribution is -0.141. The molecule has 0 radical (unpaired) electrons. The Morgan fingerprint density at radius 1 is 1.32 bits per heavy atom. The Balaban J connectivity index is 1.83. The molecular weight excluding hydrogens is 353 g/mol. The Kier molecular flexibility index (Phi) is 4.80. The maximum atomic E-state index is 14.2. The van der Waals surface area contributed by atoms with E-state index in [2.05, 4.69) is 20.8 Å².